The fourth-order valence-electron chi connectivity index (χ4n) is 5.18. The minimum atomic E-state index is 0.0403. The van der Waals surface area contributed by atoms with Gasteiger partial charge in [0.1, 0.15) is 6.10 Å². The number of anilines is 1. The van der Waals surface area contributed by atoms with Crippen LogP contribution in [0.15, 0.2) is 48.5 Å². The quantitative estimate of drug-likeness (QED) is 0.612. The first-order valence-electron chi connectivity index (χ1n) is 11.8. The number of unbranched alkanes of at least 4 members (excludes halogenated alkanes) is 1. The first-order valence-corrected chi connectivity index (χ1v) is 11.8. The van der Waals surface area contributed by atoms with Crippen LogP contribution < -0.4 is 4.90 Å². The van der Waals surface area contributed by atoms with Gasteiger partial charge in [0.05, 0.1) is 12.2 Å². The van der Waals surface area contributed by atoms with Crippen molar-refractivity contribution in [1.82, 2.24) is 9.80 Å². The van der Waals surface area contributed by atoms with Crippen molar-refractivity contribution in [3.8, 4) is 0 Å². The monoisotopic (exact) mass is 419 g/mol. The van der Waals surface area contributed by atoms with E-state index in [2.05, 4.69) is 58.3 Å². The predicted molar refractivity (Wildman–Crippen MR) is 123 cm³/mol. The normalized spacial score (nSPS) is 21.5. The van der Waals surface area contributed by atoms with Crippen LogP contribution in [0.3, 0.4) is 0 Å². The van der Waals surface area contributed by atoms with E-state index in [4.69, 9.17) is 4.74 Å². The molecule has 5 rings (SSSR count). The van der Waals surface area contributed by atoms with Crippen LogP contribution in [0.1, 0.15) is 42.1 Å². The van der Waals surface area contributed by atoms with Gasteiger partial charge < -0.3 is 14.5 Å². The zero-order chi connectivity index (χ0) is 21.0. The van der Waals surface area contributed by atoms with Crippen molar-refractivity contribution < 1.29 is 9.53 Å². The molecule has 31 heavy (non-hydrogen) atoms. The van der Waals surface area contributed by atoms with Crippen LogP contribution in [0.5, 0.6) is 0 Å². The third-order valence-electron chi connectivity index (χ3n) is 6.93. The van der Waals surface area contributed by atoms with Gasteiger partial charge in [-0.25, -0.2) is 0 Å². The van der Waals surface area contributed by atoms with Gasteiger partial charge in [0.2, 0.25) is 5.91 Å². The molecule has 3 heterocycles. The van der Waals surface area contributed by atoms with Crippen LogP contribution >= 0.6 is 0 Å². The standard InChI is InChI=1S/C26H33N3O2/c30-25-12-11-22-9-6-10-23-24(20-29(25)26(22)23)31-18-5-4-13-27-14-16-28(17-15-27)19-21-7-2-1-3-8-21/h1-3,6-10,24H,4-5,11-20H2. The molecule has 1 unspecified atom stereocenters. The molecular formula is C26H33N3O2. The highest BCUT2D eigenvalue weighted by molar-refractivity contribution is 5.98. The summed E-state index contributed by atoms with van der Waals surface area (Å²) in [5.74, 6) is 0.248. The summed E-state index contributed by atoms with van der Waals surface area (Å²) >= 11 is 0. The lowest BCUT2D eigenvalue weighted by Crippen LogP contribution is -2.46. The summed E-state index contributed by atoms with van der Waals surface area (Å²) in [6.07, 6.45) is 3.77. The maximum Gasteiger partial charge on any atom is 0.227 e. The molecule has 0 spiro atoms. The Balaban J connectivity index is 1.01. The Kier molecular flexibility index (Phi) is 6.35. The number of rotatable bonds is 8. The number of nitrogens with zero attached hydrogens (tertiary/aromatic N) is 3. The van der Waals surface area contributed by atoms with Gasteiger partial charge in [0.15, 0.2) is 0 Å². The average Bonchev–Trinajstić information content (AvgIpc) is 3.18. The Morgan fingerprint density at radius 1 is 0.871 bits per heavy atom. The van der Waals surface area contributed by atoms with Crippen molar-refractivity contribution in [3.05, 3.63) is 65.2 Å². The third kappa shape index (κ3) is 4.69. The third-order valence-corrected chi connectivity index (χ3v) is 6.93. The summed E-state index contributed by atoms with van der Waals surface area (Å²) in [4.78, 5) is 19.4. The van der Waals surface area contributed by atoms with E-state index < -0.39 is 0 Å². The van der Waals surface area contributed by atoms with Crippen LogP contribution in [0.25, 0.3) is 0 Å². The molecule has 1 saturated heterocycles. The maximum atomic E-state index is 12.3. The van der Waals surface area contributed by atoms with Gasteiger partial charge in [-0.05, 0) is 36.9 Å². The van der Waals surface area contributed by atoms with E-state index >= 15 is 0 Å². The zero-order valence-corrected chi connectivity index (χ0v) is 18.3. The average molecular weight is 420 g/mol. The SMILES string of the molecule is O=C1CCc2cccc3c2N1CC3OCCCCN1CCN(Cc2ccccc2)CC1. The van der Waals surface area contributed by atoms with E-state index in [0.717, 1.165) is 64.4 Å². The Hall–Kier alpha value is -2.21. The number of aryl methyl sites for hydroxylation is 1. The lowest BCUT2D eigenvalue weighted by atomic mass is 9.99. The second kappa shape index (κ2) is 9.51. The number of carbonyl (C=O) groups is 1. The summed E-state index contributed by atoms with van der Waals surface area (Å²) in [5, 5.41) is 0. The number of benzene rings is 2. The molecule has 3 aliphatic heterocycles. The zero-order valence-electron chi connectivity index (χ0n) is 18.3. The number of amides is 1. The molecule has 0 bridgehead atoms. The van der Waals surface area contributed by atoms with Crippen molar-refractivity contribution in [3.63, 3.8) is 0 Å². The fraction of sp³-hybridized carbons (Fsp3) is 0.500. The van der Waals surface area contributed by atoms with E-state index in [1.54, 1.807) is 0 Å². The highest BCUT2D eigenvalue weighted by Crippen LogP contribution is 2.42. The molecule has 0 radical (unpaired) electrons. The molecule has 2 aromatic carbocycles. The van der Waals surface area contributed by atoms with Crippen molar-refractivity contribution >= 4 is 11.6 Å². The molecule has 0 N–H and O–H groups in total. The summed E-state index contributed by atoms with van der Waals surface area (Å²) in [5.41, 5.74) is 5.05. The Morgan fingerprint density at radius 2 is 1.68 bits per heavy atom. The highest BCUT2D eigenvalue weighted by Gasteiger charge is 2.36. The summed E-state index contributed by atoms with van der Waals surface area (Å²) in [6, 6.07) is 17.2. The number of hydrogen-bond acceptors (Lipinski definition) is 4. The fourth-order valence-corrected chi connectivity index (χ4v) is 5.18. The molecule has 0 aliphatic carbocycles. The van der Waals surface area contributed by atoms with Crippen LogP contribution in [-0.4, -0.2) is 61.6 Å². The van der Waals surface area contributed by atoms with E-state index in [0.29, 0.717) is 13.0 Å². The van der Waals surface area contributed by atoms with E-state index in [-0.39, 0.29) is 12.0 Å². The molecule has 5 heteroatoms. The van der Waals surface area contributed by atoms with Crippen LogP contribution in [-0.2, 0) is 22.5 Å². The lowest BCUT2D eigenvalue weighted by Gasteiger charge is -2.34. The maximum absolute atomic E-state index is 12.3. The Morgan fingerprint density at radius 3 is 2.52 bits per heavy atom. The Bertz CT molecular complexity index is 893. The Labute approximate surface area is 185 Å². The lowest BCUT2D eigenvalue weighted by molar-refractivity contribution is -0.119. The van der Waals surface area contributed by atoms with Crippen molar-refractivity contribution in [1.29, 1.82) is 0 Å². The number of piperazine rings is 1. The summed E-state index contributed by atoms with van der Waals surface area (Å²) in [7, 11) is 0. The van der Waals surface area contributed by atoms with Gasteiger partial charge >= 0.3 is 0 Å². The first-order chi connectivity index (χ1) is 15.3. The van der Waals surface area contributed by atoms with Crippen molar-refractivity contribution in [2.24, 2.45) is 0 Å². The molecule has 1 atom stereocenters. The minimum Gasteiger partial charge on any atom is -0.372 e. The highest BCUT2D eigenvalue weighted by atomic mass is 16.5. The first kappa shape index (κ1) is 20.7. The topological polar surface area (TPSA) is 36.0 Å². The molecule has 3 aliphatic rings. The van der Waals surface area contributed by atoms with E-state index in [9.17, 15) is 4.79 Å². The van der Waals surface area contributed by atoms with Gasteiger partial charge in [0.25, 0.3) is 0 Å². The second-order valence-electron chi connectivity index (χ2n) is 9.03. The molecule has 1 fully saturated rings. The van der Waals surface area contributed by atoms with E-state index in [1.807, 2.05) is 4.90 Å². The van der Waals surface area contributed by atoms with Crippen LogP contribution in [0.2, 0.25) is 0 Å². The number of para-hydroxylation sites is 1. The summed E-state index contributed by atoms with van der Waals surface area (Å²) < 4.78 is 6.24. The molecule has 164 valence electrons. The van der Waals surface area contributed by atoms with Crippen molar-refractivity contribution in [2.75, 3.05) is 50.8 Å². The molecule has 1 amide bonds. The smallest absolute Gasteiger partial charge is 0.227 e. The molecular weight excluding hydrogens is 386 g/mol. The number of hydrogen-bond donors (Lipinski definition) is 0. The van der Waals surface area contributed by atoms with Gasteiger partial charge in [-0.1, -0.05) is 48.5 Å². The summed E-state index contributed by atoms with van der Waals surface area (Å²) in [6.45, 7) is 8.28. The van der Waals surface area contributed by atoms with Crippen molar-refractivity contribution in [2.45, 2.75) is 38.3 Å². The number of ether oxygens (including phenoxy) is 1. The molecule has 5 nitrogen and oxygen atoms in total. The van der Waals surface area contributed by atoms with Gasteiger partial charge in [-0.15, -0.1) is 0 Å². The number of carbonyl (C=O) groups excluding carboxylic acids is 1. The molecule has 2 aromatic rings. The molecule has 0 aromatic heterocycles. The van der Waals surface area contributed by atoms with Gasteiger partial charge in [-0.2, -0.15) is 0 Å². The van der Waals surface area contributed by atoms with Crippen LogP contribution in [0.4, 0.5) is 5.69 Å². The molecule has 0 saturated carbocycles. The van der Waals surface area contributed by atoms with E-state index in [1.165, 1.54) is 23.1 Å². The largest absolute Gasteiger partial charge is 0.372 e. The van der Waals surface area contributed by atoms with Crippen LogP contribution in [0, 0.1) is 0 Å². The second-order valence-corrected chi connectivity index (χ2v) is 9.03. The predicted octanol–water partition coefficient (Wildman–Crippen LogP) is 3.64. The minimum absolute atomic E-state index is 0.0403. The van der Waals surface area contributed by atoms with Gasteiger partial charge in [-0.3, -0.25) is 9.69 Å². The van der Waals surface area contributed by atoms with Gasteiger partial charge in [0, 0.05) is 51.3 Å².